The third-order valence-electron chi connectivity index (χ3n) is 6.57. The van der Waals surface area contributed by atoms with Gasteiger partial charge in [-0.3, -0.25) is 0 Å². The fourth-order valence-corrected chi connectivity index (χ4v) is 5.93. The molecule has 5 aliphatic rings. The second kappa shape index (κ2) is 4.38. The van der Waals surface area contributed by atoms with Crippen LogP contribution in [0.2, 0.25) is 0 Å². The molecule has 0 aromatic heterocycles. The SMILES string of the molecule is C=C1C(=O)O[C@H]2[C@H]1[C@@H](O)C[C@]1(C)[C@@H]2[C@]2(C)CC[C@H]1OC(C)(C)O2. The maximum atomic E-state index is 12.1. The number of hydrogen-bond acceptors (Lipinski definition) is 5. The smallest absolute Gasteiger partial charge is 0.334 e. The summed E-state index contributed by atoms with van der Waals surface area (Å²) in [7, 11) is 0. The number of carbonyl (C=O) groups excluding carboxylic acids is 1. The minimum absolute atomic E-state index is 0.00729. The first-order valence-corrected chi connectivity index (χ1v) is 8.53. The second-order valence-electron chi connectivity index (χ2n) is 8.64. The topological polar surface area (TPSA) is 65.0 Å². The molecular weight excluding hydrogens is 296 g/mol. The largest absolute Gasteiger partial charge is 0.458 e. The van der Waals surface area contributed by atoms with Crippen LogP contribution in [0.5, 0.6) is 0 Å². The molecule has 0 aromatic carbocycles. The number of hydrogen-bond donors (Lipinski definition) is 1. The summed E-state index contributed by atoms with van der Waals surface area (Å²) in [4.78, 5) is 12.1. The molecular formula is C18H26O5. The van der Waals surface area contributed by atoms with E-state index in [9.17, 15) is 9.90 Å². The van der Waals surface area contributed by atoms with E-state index in [-0.39, 0.29) is 35.4 Å². The minimum Gasteiger partial charge on any atom is -0.458 e. The van der Waals surface area contributed by atoms with Crippen LogP contribution < -0.4 is 0 Å². The zero-order chi connectivity index (χ0) is 16.8. The molecule has 23 heavy (non-hydrogen) atoms. The Hall–Kier alpha value is -0.910. The van der Waals surface area contributed by atoms with Crippen LogP contribution in [0.3, 0.4) is 0 Å². The Balaban J connectivity index is 1.85. The third-order valence-corrected chi connectivity index (χ3v) is 6.57. The summed E-state index contributed by atoms with van der Waals surface area (Å²) in [5, 5.41) is 10.7. The lowest BCUT2D eigenvalue weighted by molar-refractivity contribution is -0.259. The fraction of sp³-hybridized carbons (Fsp3) is 0.833. The molecule has 5 rings (SSSR count). The zero-order valence-corrected chi connectivity index (χ0v) is 14.3. The van der Waals surface area contributed by atoms with Gasteiger partial charge in [0.1, 0.15) is 6.10 Å². The van der Waals surface area contributed by atoms with E-state index in [1.807, 2.05) is 13.8 Å². The molecule has 0 amide bonds. The van der Waals surface area contributed by atoms with Crippen LogP contribution in [-0.4, -0.2) is 40.8 Å². The van der Waals surface area contributed by atoms with Crippen LogP contribution in [0.1, 0.15) is 47.0 Å². The Bertz CT molecular complexity index is 584. The normalized spacial score (nSPS) is 54.2. The van der Waals surface area contributed by atoms with Gasteiger partial charge in [0.25, 0.3) is 0 Å². The molecule has 3 heterocycles. The fourth-order valence-electron chi connectivity index (χ4n) is 5.93. The highest BCUT2D eigenvalue weighted by Gasteiger charge is 2.69. The molecule has 1 N–H and O–H groups in total. The van der Waals surface area contributed by atoms with E-state index in [2.05, 4.69) is 20.4 Å². The predicted molar refractivity (Wildman–Crippen MR) is 82.4 cm³/mol. The Kier molecular flexibility index (Phi) is 2.97. The van der Waals surface area contributed by atoms with E-state index in [0.29, 0.717) is 12.0 Å². The summed E-state index contributed by atoms with van der Waals surface area (Å²) in [5.74, 6) is -1.40. The van der Waals surface area contributed by atoms with Crippen molar-refractivity contribution in [3.05, 3.63) is 12.2 Å². The molecule has 5 fully saturated rings. The molecule has 5 heteroatoms. The second-order valence-corrected chi connectivity index (χ2v) is 8.64. The van der Waals surface area contributed by atoms with Crippen molar-refractivity contribution in [1.29, 1.82) is 0 Å². The van der Waals surface area contributed by atoms with Gasteiger partial charge >= 0.3 is 5.97 Å². The van der Waals surface area contributed by atoms with Crippen molar-refractivity contribution in [2.24, 2.45) is 17.3 Å². The van der Waals surface area contributed by atoms with Gasteiger partial charge in [-0.05, 0) is 40.0 Å². The molecule has 0 radical (unpaired) electrons. The number of fused-ring (bicyclic) bond motifs is 4. The molecule has 2 saturated carbocycles. The van der Waals surface area contributed by atoms with Crippen molar-refractivity contribution in [3.8, 4) is 0 Å². The van der Waals surface area contributed by atoms with E-state index >= 15 is 0 Å². The Morgan fingerprint density at radius 1 is 1.26 bits per heavy atom. The predicted octanol–water partition coefficient (Wildman–Crippen LogP) is 2.18. The number of rotatable bonds is 0. The molecule has 7 atom stereocenters. The molecule has 3 aliphatic heterocycles. The highest BCUT2D eigenvalue weighted by molar-refractivity contribution is 5.91. The van der Waals surface area contributed by atoms with Crippen LogP contribution in [0, 0.1) is 17.3 Å². The lowest BCUT2D eigenvalue weighted by Gasteiger charge is -2.58. The minimum atomic E-state index is -0.684. The van der Waals surface area contributed by atoms with Gasteiger partial charge < -0.3 is 19.3 Å². The third kappa shape index (κ3) is 1.93. The van der Waals surface area contributed by atoms with Crippen molar-refractivity contribution in [3.63, 3.8) is 0 Å². The average molecular weight is 322 g/mol. The van der Waals surface area contributed by atoms with Crippen molar-refractivity contribution >= 4 is 5.97 Å². The highest BCUT2D eigenvalue weighted by Crippen LogP contribution is 2.63. The molecule has 5 nitrogen and oxygen atoms in total. The van der Waals surface area contributed by atoms with Crippen molar-refractivity contribution in [2.75, 3.05) is 0 Å². The van der Waals surface area contributed by atoms with Gasteiger partial charge in [-0.15, -0.1) is 0 Å². The Morgan fingerprint density at radius 2 is 1.96 bits per heavy atom. The van der Waals surface area contributed by atoms with E-state index in [4.69, 9.17) is 14.2 Å². The van der Waals surface area contributed by atoms with Crippen LogP contribution in [0.25, 0.3) is 0 Å². The van der Waals surface area contributed by atoms with Crippen LogP contribution >= 0.6 is 0 Å². The van der Waals surface area contributed by atoms with Crippen LogP contribution in [0.4, 0.5) is 0 Å². The maximum Gasteiger partial charge on any atom is 0.334 e. The van der Waals surface area contributed by atoms with Crippen LogP contribution in [-0.2, 0) is 19.0 Å². The van der Waals surface area contributed by atoms with Gasteiger partial charge in [-0.1, -0.05) is 13.5 Å². The lowest BCUT2D eigenvalue weighted by atomic mass is 9.50. The van der Waals surface area contributed by atoms with Gasteiger partial charge in [0.2, 0.25) is 0 Å². The van der Waals surface area contributed by atoms with E-state index < -0.39 is 17.5 Å². The van der Waals surface area contributed by atoms with Crippen molar-refractivity contribution < 1.29 is 24.1 Å². The number of ether oxygens (including phenoxy) is 3. The molecule has 2 aliphatic carbocycles. The summed E-state index contributed by atoms with van der Waals surface area (Å²) >= 11 is 0. The first kappa shape index (κ1) is 15.6. The quantitative estimate of drug-likeness (QED) is 0.547. The van der Waals surface area contributed by atoms with Crippen LogP contribution in [0.15, 0.2) is 12.2 Å². The molecule has 2 bridgehead atoms. The summed E-state index contributed by atoms with van der Waals surface area (Å²) in [6.45, 7) is 12.0. The van der Waals surface area contributed by atoms with Gasteiger partial charge in [0.05, 0.1) is 23.7 Å². The lowest BCUT2D eigenvalue weighted by Crippen LogP contribution is -2.64. The van der Waals surface area contributed by atoms with Crippen molar-refractivity contribution in [2.45, 2.75) is 76.7 Å². The summed E-state index contributed by atoms with van der Waals surface area (Å²) in [6, 6.07) is 0. The monoisotopic (exact) mass is 322 g/mol. The van der Waals surface area contributed by atoms with Gasteiger partial charge in [-0.2, -0.15) is 0 Å². The highest BCUT2D eigenvalue weighted by atomic mass is 16.7. The van der Waals surface area contributed by atoms with Crippen molar-refractivity contribution in [1.82, 2.24) is 0 Å². The number of carbonyl (C=O) groups is 1. The number of esters is 1. The van der Waals surface area contributed by atoms with Gasteiger partial charge in [0, 0.05) is 16.9 Å². The van der Waals surface area contributed by atoms with E-state index in [1.165, 1.54) is 0 Å². The van der Waals surface area contributed by atoms with E-state index in [1.54, 1.807) is 0 Å². The first-order valence-electron chi connectivity index (χ1n) is 8.53. The van der Waals surface area contributed by atoms with Gasteiger partial charge in [0.15, 0.2) is 5.79 Å². The Morgan fingerprint density at radius 3 is 2.65 bits per heavy atom. The maximum absolute atomic E-state index is 12.1. The average Bonchev–Trinajstić information content (AvgIpc) is 2.57. The molecule has 0 aromatic rings. The number of aliphatic hydroxyl groups excluding tert-OH is 1. The molecule has 0 unspecified atom stereocenters. The molecule has 3 saturated heterocycles. The summed E-state index contributed by atoms with van der Waals surface area (Å²) in [5.41, 5.74) is -0.334. The zero-order valence-electron chi connectivity index (χ0n) is 14.3. The van der Waals surface area contributed by atoms with E-state index in [0.717, 1.165) is 12.8 Å². The Labute approximate surface area is 137 Å². The standard InChI is InChI=1S/C18H26O5/c1-9-12-10(19)8-17(4)11-6-7-18(5,23-16(2,3)22-11)14(17)13(12)21-15(9)20/h10-14,19H,1,6-8H2,2-5H3/t10-,11+,12+,13-,14+,17-,18-/m0/s1. The molecule has 128 valence electrons. The summed E-state index contributed by atoms with van der Waals surface area (Å²) in [6.07, 6.45) is 1.32. The number of aliphatic hydroxyl groups is 1. The van der Waals surface area contributed by atoms with Gasteiger partial charge in [-0.25, -0.2) is 4.79 Å². The summed E-state index contributed by atoms with van der Waals surface area (Å²) < 4.78 is 18.4. The first-order chi connectivity index (χ1) is 10.6. The molecule has 0 spiro atoms.